The number of phenols is 1. The maximum absolute atomic E-state index is 9.10. The van der Waals surface area contributed by atoms with E-state index in [1.807, 2.05) is 12.1 Å². The van der Waals surface area contributed by atoms with Crippen molar-refractivity contribution in [2.75, 3.05) is 0 Å². The van der Waals surface area contributed by atoms with Gasteiger partial charge in [0.05, 0.1) is 35.2 Å². The standard InChI is InChI=1S/C12H6Cl4.C6H2Cl4O/c13-9-3-1-7(5-11(9)15)8-2-4-10(14)12(16)6-8;7-2-1-3(8)6(11)5(10)4(2)9/h1-6H;1,11H. The fraction of sp³-hybridized carbons (Fsp3) is 0. The summed E-state index contributed by atoms with van der Waals surface area (Å²) in [4.78, 5) is 0. The Kier molecular flexibility index (Phi) is 8.54. The lowest BCUT2D eigenvalue weighted by molar-refractivity contribution is 0.476. The van der Waals surface area contributed by atoms with Crippen molar-refractivity contribution in [2.24, 2.45) is 0 Å². The summed E-state index contributed by atoms with van der Waals surface area (Å²) in [5.41, 5.74) is 1.90. The molecule has 0 saturated carbocycles. The van der Waals surface area contributed by atoms with Gasteiger partial charge >= 0.3 is 0 Å². The molecule has 0 amide bonds. The molecule has 1 N–H and O–H groups in total. The molecular weight excluding hydrogens is 516 g/mol. The Labute approximate surface area is 196 Å². The number of halogens is 8. The summed E-state index contributed by atoms with van der Waals surface area (Å²) >= 11 is 45.8. The largest absolute Gasteiger partial charge is 0.505 e. The van der Waals surface area contributed by atoms with Gasteiger partial charge in [-0.15, -0.1) is 0 Å². The zero-order valence-electron chi connectivity index (χ0n) is 13.0. The first kappa shape index (κ1) is 23.1. The van der Waals surface area contributed by atoms with Gasteiger partial charge in [0.15, 0.2) is 5.75 Å². The summed E-state index contributed by atoms with van der Waals surface area (Å²) in [5.74, 6) is -0.247. The molecule has 0 saturated heterocycles. The maximum Gasteiger partial charge on any atom is 0.154 e. The molecule has 9 heteroatoms. The number of aromatic hydroxyl groups is 1. The third-order valence-corrected chi connectivity index (χ3v) is 6.28. The van der Waals surface area contributed by atoms with Crippen LogP contribution in [-0.4, -0.2) is 5.11 Å². The first-order valence-corrected chi connectivity index (χ1v) is 10.1. The van der Waals surface area contributed by atoms with Crippen molar-refractivity contribution < 1.29 is 5.11 Å². The van der Waals surface area contributed by atoms with E-state index < -0.39 is 0 Å². The summed E-state index contributed by atoms with van der Waals surface area (Å²) in [6, 6.07) is 12.2. The highest BCUT2D eigenvalue weighted by atomic mass is 35.5. The van der Waals surface area contributed by atoms with Crippen LogP contribution in [0.15, 0.2) is 42.5 Å². The Morgan fingerprint density at radius 2 is 0.889 bits per heavy atom. The predicted octanol–water partition coefficient (Wildman–Crippen LogP) is 9.97. The lowest BCUT2D eigenvalue weighted by Gasteiger charge is -2.05. The van der Waals surface area contributed by atoms with Crippen LogP contribution in [0.4, 0.5) is 0 Å². The van der Waals surface area contributed by atoms with Gasteiger partial charge in [0.25, 0.3) is 0 Å². The number of hydrogen-bond donors (Lipinski definition) is 1. The van der Waals surface area contributed by atoms with Crippen molar-refractivity contribution >= 4 is 92.8 Å². The second kappa shape index (κ2) is 10.0. The van der Waals surface area contributed by atoms with Crippen LogP contribution in [0.1, 0.15) is 0 Å². The number of benzene rings is 3. The molecule has 0 radical (unpaired) electrons. The Balaban J connectivity index is 0.000000208. The molecule has 3 aromatic carbocycles. The summed E-state index contributed by atoms with van der Waals surface area (Å²) in [7, 11) is 0. The van der Waals surface area contributed by atoms with Gasteiger partial charge in [0.2, 0.25) is 0 Å². The highest BCUT2D eigenvalue weighted by molar-refractivity contribution is 6.50. The van der Waals surface area contributed by atoms with E-state index in [1.54, 1.807) is 24.3 Å². The lowest BCUT2D eigenvalue weighted by atomic mass is 10.1. The highest BCUT2D eigenvalue weighted by Crippen LogP contribution is 2.41. The molecule has 27 heavy (non-hydrogen) atoms. The molecule has 0 unspecified atom stereocenters. The van der Waals surface area contributed by atoms with Crippen LogP contribution in [0.2, 0.25) is 40.2 Å². The molecule has 0 fully saturated rings. The van der Waals surface area contributed by atoms with Gasteiger partial charge in [0.1, 0.15) is 5.02 Å². The van der Waals surface area contributed by atoms with E-state index in [4.69, 9.17) is 97.9 Å². The molecule has 0 aromatic heterocycles. The van der Waals surface area contributed by atoms with Crippen LogP contribution in [0.25, 0.3) is 11.1 Å². The van der Waals surface area contributed by atoms with Gasteiger partial charge in [0, 0.05) is 0 Å². The molecule has 0 bridgehead atoms. The predicted molar refractivity (Wildman–Crippen MR) is 120 cm³/mol. The number of phenolic OH excluding ortho intramolecular Hbond substituents is 1. The summed E-state index contributed by atoms with van der Waals surface area (Å²) in [6.45, 7) is 0. The minimum Gasteiger partial charge on any atom is -0.505 e. The Bertz CT molecular complexity index is 912. The molecule has 0 atom stereocenters. The highest BCUT2D eigenvalue weighted by Gasteiger charge is 2.11. The minimum absolute atomic E-state index is 0.0239. The fourth-order valence-electron chi connectivity index (χ4n) is 1.91. The zero-order valence-corrected chi connectivity index (χ0v) is 19.1. The van der Waals surface area contributed by atoms with Gasteiger partial charge in [-0.05, 0) is 41.5 Å². The number of hydrogen-bond acceptors (Lipinski definition) is 1. The topological polar surface area (TPSA) is 20.2 Å². The van der Waals surface area contributed by atoms with E-state index in [0.29, 0.717) is 20.1 Å². The van der Waals surface area contributed by atoms with E-state index in [0.717, 1.165) is 11.1 Å². The Morgan fingerprint density at radius 1 is 0.444 bits per heavy atom. The third kappa shape index (κ3) is 5.88. The molecule has 0 aliphatic heterocycles. The Morgan fingerprint density at radius 3 is 1.30 bits per heavy atom. The average molecular weight is 524 g/mol. The Hall–Kier alpha value is -0.220. The normalized spacial score (nSPS) is 10.4. The van der Waals surface area contributed by atoms with Crippen molar-refractivity contribution in [3.63, 3.8) is 0 Å². The van der Waals surface area contributed by atoms with E-state index >= 15 is 0 Å². The second-order valence-corrected chi connectivity index (χ2v) is 8.27. The molecule has 0 heterocycles. The van der Waals surface area contributed by atoms with E-state index in [1.165, 1.54) is 6.07 Å². The van der Waals surface area contributed by atoms with E-state index in [2.05, 4.69) is 0 Å². The third-order valence-electron chi connectivity index (χ3n) is 3.26. The average Bonchev–Trinajstić information content (AvgIpc) is 2.63. The minimum atomic E-state index is -0.247. The van der Waals surface area contributed by atoms with Crippen LogP contribution in [0.5, 0.6) is 5.75 Å². The molecule has 0 aliphatic carbocycles. The van der Waals surface area contributed by atoms with Gasteiger partial charge in [-0.3, -0.25) is 0 Å². The van der Waals surface area contributed by atoms with Crippen molar-refractivity contribution in [3.8, 4) is 16.9 Å². The van der Waals surface area contributed by atoms with E-state index in [9.17, 15) is 0 Å². The zero-order chi connectivity index (χ0) is 20.3. The fourth-order valence-corrected chi connectivity index (χ4v) is 3.41. The molecule has 142 valence electrons. The van der Waals surface area contributed by atoms with Gasteiger partial charge < -0.3 is 5.11 Å². The van der Waals surface area contributed by atoms with Gasteiger partial charge in [-0.2, -0.15) is 0 Å². The molecular formula is C18H8Cl8O. The summed E-state index contributed by atoms with van der Waals surface area (Å²) in [6.07, 6.45) is 0. The van der Waals surface area contributed by atoms with Crippen LogP contribution in [-0.2, 0) is 0 Å². The second-order valence-electron chi connectivity index (χ2n) is 5.07. The van der Waals surface area contributed by atoms with Crippen molar-refractivity contribution in [2.45, 2.75) is 0 Å². The van der Waals surface area contributed by atoms with E-state index in [-0.39, 0.29) is 25.8 Å². The van der Waals surface area contributed by atoms with Gasteiger partial charge in [-0.25, -0.2) is 0 Å². The molecule has 0 spiro atoms. The number of rotatable bonds is 1. The van der Waals surface area contributed by atoms with Crippen LogP contribution in [0, 0.1) is 0 Å². The van der Waals surface area contributed by atoms with Gasteiger partial charge in [-0.1, -0.05) is 105 Å². The first-order chi connectivity index (χ1) is 12.6. The molecule has 0 aliphatic rings. The van der Waals surface area contributed by atoms with Crippen LogP contribution < -0.4 is 0 Å². The van der Waals surface area contributed by atoms with Crippen molar-refractivity contribution in [1.29, 1.82) is 0 Å². The lowest BCUT2D eigenvalue weighted by Crippen LogP contribution is -1.79. The summed E-state index contributed by atoms with van der Waals surface area (Å²) in [5, 5.41) is 11.6. The smallest absolute Gasteiger partial charge is 0.154 e. The quantitative estimate of drug-likeness (QED) is 0.248. The first-order valence-electron chi connectivity index (χ1n) is 7.04. The van der Waals surface area contributed by atoms with Crippen LogP contribution in [0.3, 0.4) is 0 Å². The monoisotopic (exact) mass is 520 g/mol. The molecule has 3 rings (SSSR count). The van der Waals surface area contributed by atoms with Crippen molar-refractivity contribution in [3.05, 3.63) is 82.6 Å². The maximum atomic E-state index is 9.10. The molecule has 1 nitrogen and oxygen atoms in total. The molecule has 3 aromatic rings. The SMILES string of the molecule is Clc1ccc(-c2ccc(Cl)c(Cl)c2)cc1Cl.Oc1c(Cl)cc(Cl)c(Cl)c1Cl. The van der Waals surface area contributed by atoms with Crippen LogP contribution >= 0.6 is 92.8 Å². The van der Waals surface area contributed by atoms with Crippen molar-refractivity contribution in [1.82, 2.24) is 0 Å². The summed E-state index contributed by atoms with van der Waals surface area (Å²) < 4.78 is 0.